The smallest absolute Gasteiger partial charge is 0.262 e. The molecule has 2 amide bonds. The molecule has 3 aromatic rings. The largest absolute Gasteiger partial charge is 0.274 e. The third-order valence-corrected chi connectivity index (χ3v) is 4.81. The molecule has 4 heteroatoms. The minimum atomic E-state index is -0.329. The maximum atomic E-state index is 13.4. The van der Waals surface area contributed by atoms with Gasteiger partial charge in [-0.1, -0.05) is 72.8 Å². The van der Waals surface area contributed by atoms with E-state index in [4.69, 9.17) is 0 Å². The third-order valence-electron chi connectivity index (χ3n) is 4.81. The average Bonchev–Trinajstić information content (AvgIpc) is 2.97. The maximum Gasteiger partial charge on any atom is 0.262 e. The highest BCUT2D eigenvalue weighted by molar-refractivity contribution is 6.48. The van der Waals surface area contributed by atoms with E-state index < -0.39 is 0 Å². The van der Waals surface area contributed by atoms with Gasteiger partial charge in [-0.2, -0.15) is 0 Å². The second-order valence-electron chi connectivity index (χ2n) is 6.62. The van der Waals surface area contributed by atoms with Gasteiger partial charge in [-0.05, 0) is 35.2 Å². The molecule has 0 bridgehead atoms. The standard InChI is InChI=1S/C24H18FNO2/c25-20-13-7-8-17(16-20)14-15-26-23(27)21(18-9-3-1-4-10-18)22(24(26)28)19-11-5-2-6-12-19/h1-13,16H,14-15H2. The predicted octanol–water partition coefficient (Wildman–Crippen LogP) is 4.35. The van der Waals surface area contributed by atoms with Gasteiger partial charge < -0.3 is 0 Å². The molecule has 1 aliphatic rings. The molecule has 0 atom stereocenters. The number of halogens is 1. The molecule has 0 spiro atoms. The molecule has 0 fully saturated rings. The lowest BCUT2D eigenvalue weighted by Gasteiger charge is -2.15. The minimum Gasteiger partial charge on any atom is -0.274 e. The van der Waals surface area contributed by atoms with Crippen molar-refractivity contribution in [1.82, 2.24) is 4.90 Å². The van der Waals surface area contributed by atoms with E-state index in [1.165, 1.54) is 17.0 Å². The van der Waals surface area contributed by atoms with E-state index in [1.54, 1.807) is 12.1 Å². The average molecular weight is 371 g/mol. The van der Waals surface area contributed by atoms with Crippen LogP contribution in [0.2, 0.25) is 0 Å². The first-order valence-electron chi connectivity index (χ1n) is 9.11. The number of rotatable bonds is 5. The molecular formula is C24H18FNO2. The number of nitrogens with zero attached hydrogens (tertiary/aromatic N) is 1. The third kappa shape index (κ3) is 3.37. The van der Waals surface area contributed by atoms with E-state index in [-0.39, 0.29) is 24.2 Å². The van der Waals surface area contributed by atoms with E-state index >= 15 is 0 Å². The first-order chi connectivity index (χ1) is 13.6. The highest BCUT2D eigenvalue weighted by Crippen LogP contribution is 2.35. The van der Waals surface area contributed by atoms with Gasteiger partial charge in [0, 0.05) is 6.54 Å². The summed E-state index contributed by atoms with van der Waals surface area (Å²) in [6, 6.07) is 24.7. The maximum absolute atomic E-state index is 13.4. The van der Waals surface area contributed by atoms with Crippen LogP contribution in [0.3, 0.4) is 0 Å². The highest BCUT2D eigenvalue weighted by Gasteiger charge is 2.39. The number of carbonyl (C=O) groups is 2. The topological polar surface area (TPSA) is 37.4 Å². The normalized spacial score (nSPS) is 14.1. The Kier molecular flexibility index (Phi) is 4.85. The monoisotopic (exact) mass is 371 g/mol. The first kappa shape index (κ1) is 17.9. The van der Waals surface area contributed by atoms with Crippen molar-refractivity contribution in [3.8, 4) is 0 Å². The van der Waals surface area contributed by atoms with Gasteiger partial charge in [-0.25, -0.2) is 4.39 Å². The van der Waals surface area contributed by atoms with E-state index in [0.717, 1.165) is 5.56 Å². The van der Waals surface area contributed by atoms with Crippen LogP contribution in [0.5, 0.6) is 0 Å². The summed E-state index contributed by atoms with van der Waals surface area (Å²) in [6.45, 7) is 0.202. The fourth-order valence-corrected chi connectivity index (χ4v) is 3.46. The zero-order valence-corrected chi connectivity index (χ0v) is 15.1. The number of hydrogen-bond acceptors (Lipinski definition) is 2. The molecule has 1 heterocycles. The minimum absolute atomic E-state index is 0.202. The lowest BCUT2D eigenvalue weighted by atomic mass is 9.96. The summed E-state index contributed by atoms with van der Waals surface area (Å²) in [4.78, 5) is 27.6. The number of imide groups is 1. The molecule has 3 nitrogen and oxygen atoms in total. The molecule has 3 aromatic carbocycles. The van der Waals surface area contributed by atoms with Crippen LogP contribution in [0.1, 0.15) is 16.7 Å². The van der Waals surface area contributed by atoms with E-state index in [9.17, 15) is 14.0 Å². The van der Waals surface area contributed by atoms with Gasteiger partial charge in [0.15, 0.2) is 0 Å². The van der Waals surface area contributed by atoms with Crippen molar-refractivity contribution in [3.63, 3.8) is 0 Å². The van der Waals surface area contributed by atoms with Gasteiger partial charge in [0.1, 0.15) is 5.82 Å². The van der Waals surface area contributed by atoms with Crippen molar-refractivity contribution in [2.24, 2.45) is 0 Å². The summed E-state index contributed by atoms with van der Waals surface area (Å²) in [6.07, 6.45) is 0.402. The Balaban J connectivity index is 1.70. The predicted molar refractivity (Wildman–Crippen MR) is 107 cm³/mol. The van der Waals surface area contributed by atoms with Crippen LogP contribution in [-0.2, 0) is 16.0 Å². The van der Waals surface area contributed by atoms with E-state index in [1.807, 2.05) is 60.7 Å². The van der Waals surface area contributed by atoms with Crippen LogP contribution in [0, 0.1) is 5.82 Å². The molecule has 0 unspecified atom stereocenters. The summed E-state index contributed by atoms with van der Waals surface area (Å²) in [5.74, 6) is -0.956. The summed E-state index contributed by atoms with van der Waals surface area (Å²) >= 11 is 0. The number of carbonyl (C=O) groups excluding carboxylic acids is 2. The van der Waals surface area contributed by atoms with Crippen LogP contribution in [0.4, 0.5) is 4.39 Å². The van der Waals surface area contributed by atoms with Crippen molar-refractivity contribution in [3.05, 3.63) is 107 Å². The van der Waals surface area contributed by atoms with Gasteiger partial charge in [0.05, 0.1) is 11.1 Å². The molecule has 28 heavy (non-hydrogen) atoms. The summed E-state index contributed by atoms with van der Waals surface area (Å²) in [5.41, 5.74) is 3.00. The molecule has 0 saturated heterocycles. The zero-order chi connectivity index (χ0) is 19.5. The highest BCUT2D eigenvalue weighted by atomic mass is 19.1. The van der Waals surface area contributed by atoms with Crippen molar-refractivity contribution in [2.75, 3.05) is 6.54 Å². The van der Waals surface area contributed by atoms with Crippen molar-refractivity contribution >= 4 is 23.0 Å². The summed E-state index contributed by atoms with van der Waals surface area (Å²) in [5, 5.41) is 0. The van der Waals surface area contributed by atoms with E-state index in [0.29, 0.717) is 28.7 Å². The Morgan fingerprint density at radius 2 is 1.21 bits per heavy atom. The molecule has 0 aliphatic carbocycles. The molecule has 0 saturated carbocycles. The second kappa shape index (κ2) is 7.61. The van der Waals surface area contributed by atoms with Crippen molar-refractivity contribution in [2.45, 2.75) is 6.42 Å². The quantitative estimate of drug-likeness (QED) is 0.626. The Morgan fingerprint density at radius 3 is 1.71 bits per heavy atom. The molecule has 0 N–H and O–H groups in total. The van der Waals surface area contributed by atoms with Crippen LogP contribution in [-0.4, -0.2) is 23.3 Å². The second-order valence-corrected chi connectivity index (χ2v) is 6.62. The summed E-state index contributed by atoms with van der Waals surface area (Å²) in [7, 11) is 0. The number of hydrogen-bond donors (Lipinski definition) is 0. The molecule has 0 aromatic heterocycles. The molecule has 138 valence electrons. The molecule has 0 radical (unpaired) electrons. The molecular weight excluding hydrogens is 353 g/mol. The lowest BCUT2D eigenvalue weighted by Crippen LogP contribution is -2.33. The van der Waals surface area contributed by atoms with Crippen LogP contribution < -0.4 is 0 Å². The SMILES string of the molecule is O=C1C(c2ccccc2)=C(c2ccccc2)C(=O)N1CCc1cccc(F)c1. The molecule has 1 aliphatic heterocycles. The Hall–Kier alpha value is -3.53. The van der Waals surface area contributed by atoms with Crippen LogP contribution in [0.15, 0.2) is 84.9 Å². The van der Waals surface area contributed by atoms with Crippen molar-refractivity contribution in [1.29, 1.82) is 0 Å². The van der Waals surface area contributed by atoms with Gasteiger partial charge in [-0.15, -0.1) is 0 Å². The van der Waals surface area contributed by atoms with Crippen molar-refractivity contribution < 1.29 is 14.0 Å². The van der Waals surface area contributed by atoms with Gasteiger partial charge in [-0.3, -0.25) is 14.5 Å². The number of amides is 2. The Labute approximate surface area is 162 Å². The number of benzene rings is 3. The van der Waals surface area contributed by atoms with Gasteiger partial charge in [0.2, 0.25) is 0 Å². The Bertz CT molecular complexity index is 997. The fraction of sp³-hybridized carbons (Fsp3) is 0.0833. The van der Waals surface area contributed by atoms with Gasteiger partial charge in [0.25, 0.3) is 11.8 Å². The Morgan fingerprint density at radius 1 is 0.679 bits per heavy atom. The van der Waals surface area contributed by atoms with Crippen LogP contribution in [0.25, 0.3) is 11.1 Å². The van der Waals surface area contributed by atoms with Gasteiger partial charge >= 0.3 is 0 Å². The fourth-order valence-electron chi connectivity index (χ4n) is 3.46. The van der Waals surface area contributed by atoms with E-state index in [2.05, 4.69) is 0 Å². The first-order valence-corrected chi connectivity index (χ1v) is 9.11. The van der Waals surface area contributed by atoms with Crippen LogP contribution >= 0.6 is 0 Å². The zero-order valence-electron chi connectivity index (χ0n) is 15.1. The lowest BCUT2D eigenvalue weighted by molar-refractivity contribution is -0.135. The molecule has 4 rings (SSSR count). The summed E-state index contributed by atoms with van der Waals surface area (Å²) < 4.78 is 13.4.